The van der Waals surface area contributed by atoms with Gasteiger partial charge in [0.1, 0.15) is 6.17 Å². The lowest BCUT2D eigenvalue weighted by Crippen LogP contribution is -2.27. The second-order valence-electron chi connectivity index (χ2n) is 6.66. The highest BCUT2D eigenvalue weighted by Crippen LogP contribution is 2.46. The topological polar surface area (TPSA) is 117 Å². The Morgan fingerprint density at radius 1 is 1.03 bits per heavy atom. The summed E-state index contributed by atoms with van der Waals surface area (Å²) in [6.07, 6.45) is 2.83. The van der Waals surface area contributed by atoms with E-state index in [1.54, 1.807) is 6.20 Å². The van der Waals surface area contributed by atoms with E-state index in [4.69, 9.17) is 5.73 Å². The summed E-state index contributed by atoms with van der Waals surface area (Å²) in [5.74, 6) is -0.752. The molecule has 1 amide bonds. The first-order valence-corrected chi connectivity index (χ1v) is 8.97. The molecule has 0 radical (unpaired) electrons. The number of hydrogen-bond acceptors (Lipinski definition) is 7. The number of pyridine rings is 1. The van der Waals surface area contributed by atoms with E-state index in [1.165, 1.54) is 6.20 Å². The number of hydrogen-bond donors (Lipinski definition) is 3. The van der Waals surface area contributed by atoms with Crippen LogP contribution in [0.5, 0.6) is 6.01 Å². The summed E-state index contributed by atoms with van der Waals surface area (Å²) >= 11 is 0. The Morgan fingerprint density at radius 2 is 1.83 bits per heavy atom. The van der Waals surface area contributed by atoms with E-state index in [9.17, 15) is 9.90 Å². The van der Waals surface area contributed by atoms with E-state index >= 15 is 0 Å². The van der Waals surface area contributed by atoms with E-state index in [0.29, 0.717) is 5.69 Å². The first-order valence-electron chi connectivity index (χ1n) is 8.97. The van der Waals surface area contributed by atoms with Crippen LogP contribution >= 0.6 is 0 Å². The molecule has 0 saturated heterocycles. The zero-order valence-electron chi connectivity index (χ0n) is 15.1. The van der Waals surface area contributed by atoms with E-state index in [0.717, 1.165) is 27.8 Å². The van der Waals surface area contributed by atoms with E-state index in [2.05, 4.69) is 20.3 Å². The predicted octanol–water partition coefficient (Wildman–Crippen LogP) is 3.09. The number of aromatic hydroxyl groups is 1. The second kappa shape index (κ2) is 6.45. The SMILES string of the molecule is NC(=O)c1nc(O)ncc1N1c2ccccc2NC1c1cnc2ccccc2c1. The van der Waals surface area contributed by atoms with Crippen molar-refractivity contribution in [3.8, 4) is 6.01 Å². The number of nitrogens with zero attached hydrogens (tertiary/aromatic N) is 4. The number of nitrogens with one attached hydrogen (secondary N) is 1. The van der Waals surface area contributed by atoms with Gasteiger partial charge in [-0.3, -0.25) is 9.78 Å². The monoisotopic (exact) mass is 384 g/mol. The van der Waals surface area contributed by atoms with Crippen molar-refractivity contribution in [2.45, 2.75) is 6.17 Å². The minimum atomic E-state index is -0.752. The van der Waals surface area contributed by atoms with Gasteiger partial charge in [-0.1, -0.05) is 30.3 Å². The number of primary amides is 1. The average molecular weight is 384 g/mol. The van der Waals surface area contributed by atoms with Gasteiger partial charge >= 0.3 is 6.01 Å². The summed E-state index contributed by atoms with van der Waals surface area (Å²) in [6, 6.07) is 17.1. The number of aromatic nitrogens is 3. The van der Waals surface area contributed by atoms with Crippen molar-refractivity contribution in [2.24, 2.45) is 5.73 Å². The van der Waals surface area contributed by atoms with Crippen LogP contribution in [0, 0.1) is 0 Å². The number of nitrogens with two attached hydrogens (primary N) is 1. The molecule has 1 atom stereocenters. The van der Waals surface area contributed by atoms with Crippen molar-refractivity contribution < 1.29 is 9.90 Å². The highest BCUT2D eigenvalue weighted by Gasteiger charge is 2.34. The van der Waals surface area contributed by atoms with Crippen molar-refractivity contribution in [2.75, 3.05) is 10.2 Å². The van der Waals surface area contributed by atoms with Gasteiger partial charge in [-0.05, 0) is 24.3 Å². The number of rotatable bonds is 3. The van der Waals surface area contributed by atoms with Crippen LogP contribution in [0.4, 0.5) is 17.1 Å². The molecule has 142 valence electrons. The molecule has 0 saturated carbocycles. The summed E-state index contributed by atoms with van der Waals surface area (Å²) in [4.78, 5) is 26.2. The molecule has 4 N–H and O–H groups in total. The van der Waals surface area contributed by atoms with Crippen molar-refractivity contribution in [1.29, 1.82) is 0 Å². The largest absolute Gasteiger partial charge is 0.479 e. The quantitative estimate of drug-likeness (QED) is 0.497. The van der Waals surface area contributed by atoms with Crippen LogP contribution in [-0.4, -0.2) is 26.0 Å². The van der Waals surface area contributed by atoms with Gasteiger partial charge in [0.05, 0.1) is 28.8 Å². The Labute approximate surface area is 165 Å². The minimum Gasteiger partial charge on any atom is -0.479 e. The number of para-hydroxylation sites is 3. The maximum atomic E-state index is 12.0. The van der Waals surface area contributed by atoms with Crippen LogP contribution in [0.25, 0.3) is 10.9 Å². The molecule has 0 bridgehead atoms. The van der Waals surface area contributed by atoms with Gasteiger partial charge < -0.3 is 21.1 Å². The molecule has 29 heavy (non-hydrogen) atoms. The maximum absolute atomic E-state index is 12.0. The molecule has 8 heteroatoms. The fourth-order valence-corrected chi connectivity index (χ4v) is 3.62. The molecule has 3 heterocycles. The summed E-state index contributed by atoms with van der Waals surface area (Å²) in [6.45, 7) is 0. The highest BCUT2D eigenvalue weighted by molar-refractivity contribution is 5.99. The third kappa shape index (κ3) is 2.78. The molecule has 4 aromatic rings. The third-order valence-corrected chi connectivity index (χ3v) is 4.89. The molecule has 0 spiro atoms. The molecule has 0 aliphatic carbocycles. The summed E-state index contributed by atoms with van der Waals surface area (Å²) in [5, 5.41) is 14.1. The van der Waals surface area contributed by atoms with Crippen LogP contribution in [0.3, 0.4) is 0 Å². The van der Waals surface area contributed by atoms with Crippen LogP contribution < -0.4 is 16.0 Å². The lowest BCUT2D eigenvalue weighted by molar-refractivity contribution is 0.0995. The number of carbonyl (C=O) groups is 1. The predicted molar refractivity (Wildman–Crippen MR) is 109 cm³/mol. The summed E-state index contributed by atoms with van der Waals surface area (Å²) in [7, 11) is 0. The van der Waals surface area contributed by atoms with Gasteiger partial charge in [0.25, 0.3) is 5.91 Å². The number of fused-ring (bicyclic) bond motifs is 2. The fourth-order valence-electron chi connectivity index (χ4n) is 3.62. The Kier molecular flexibility index (Phi) is 3.77. The Balaban J connectivity index is 1.70. The molecule has 1 aliphatic rings. The van der Waals surface area contributed by atoms with Crippen LogP contribution in [0.2, 0.25) is 0 Å². The maximum Gasteiger partial charge on any atom is 0.314 e. The Bertz CT molecular complexity index is 1260. The molecular weight excluding hydrogens is 368 g/mol. The van der Waals surface area contributed by atoms with Gasteiger partial charge in [0, 0.05) is 17.1 Å². The van der Waals surface area contributed by atoms with Gasteiger partial charge in [0.2, 0.25) is 0 Å². The number of amides is 1. The van der Waals surface area contributed by atoms with Crippen molar-refractivity contribution >= 4 is 33.9 Å². The Hall–Kier alpha value is -4.20. The fraction of sp³-hybridized carbons (Fsp3) is 0.0476. The standard InChI is InChI=1S/C21H16N6O2/c22-19(28)18-17(11-24-21(29)26-18)27-16-8-4-3-7-15(16)25-20(27)13-9-12-5-1-2-6-14(12)23-10-13/h1-11,20,25H,(H2,22,28)(H,24,26,29). The summed E-state index contributed by atoms with van der Waals surface area (Å²) < 4.78 is 0. The summed E-state index contributed by atoms with van der Waals surface area (Å²) in [5.41, 5.74) is 9.37. The van der Waals surface area contributed by atoms with Crippen LogP contribution in [-0.2, 0) is 0 Å². The minimum absolute atomic E-state index is 0.0604. The lowest BCUT2D eigenvalue weighted by Gasteiger charge is -2.27. The van der Waals surface area contributed by atoms with Gasteiger partial charge in [-0.2, -0.15) is 4.98 Å². The molecule has 0 fully saturated rings. The smallest absolute Gasteiger partial charge is 0.314 e. The third-order valence-electron chi connectivity index (χ3n) is 4.89. The van der Waals surface area contributed by atoms with E-state index in [1.807, 2.05) is 59.5 Å². The average Bonchev–Trinajstić information content (AvgIpc) is 3.13. The molecule has 1 unspecified atom stereocenters. The van der Waals surface area contributed by atoms with Crippen LogP contribution in [0.1, 0.15) is 22.2 Å². The zero-order valence-corrected chi connectivity index (χ0v) is 15.1. The highest BCUT2D eigenvalue weighted by atomic mass is 16.3. The van der Waals surface area contributed by atoms with E-state index < -0.39 is 11.9 Å². The molecule has 2 aromatic carbocycles. The van der Waals surface area contributed by atoms with Crippen molar-refractivity contribution in [1.82, 2.24) is 15.0 Å². The second-order valence-corrected chi connectivity index (χ2v) is 6.66. The van der Waals surface area contributed by atoms with E-state index in [-0.39, 0.29) is 11.9 Å². The molecule has 8 nitrogen and oxygen atoms in total. The molecule has 1 aliphatic heterocycles. The number of benzene rings is 2. The first-order chi connectivity index (χ1) is 14.1. The van der Waals surface area contributed by atoms with Gasteiger partial charge in [-0.25, -0.2) is 4.98 Å². The normalized spacial score (nSPS) is 15.2. The van der Waals surface area contributed by atoms with Crippen molar-refractivity contribution in [3.63, 3.8) is 0 Å². The van der Waals surface area contributed by atoms with Gasteiger partial charge in [0.15, 0.2) is 5.69 Å². The van der Waals surface area contributed by atoms with Crippen LogP contribution in [0.15, 0.2) is 67.0 Å². The zero-order chi connectivity index (χ0) is 20.0. The molecule has 5 rings (SSSR count). The van der Waals surface area contributed by atoms with Gasteiger partial charge in [-0.15, -0.1) is 0 Å². The molecule has 2 aromatic heterocycles. The number of carbonyl (C=O) groups excluding carboxylic acids is 1. The molecular formula is C21H16N6O2. The van der Waals surface area contributed by atoms with Crippen molar-refractivity contribution in [3.05, 3.63) is 78.2 Å². The number of anilines is 3. The first kappa shape index (κ1) is 16.9. The Morgan fingerprint density at radius 3 is 2.69 bits per heavy atom. The lowest BCUT2D eigenvalue weighted by atomic mass is 10.1.